The zero-order chi connectivity index (χ0) is 15.5. The third-order valence-electron chi connectivity index (χ3n) is 3.62. The molecule has 2 rings (SSSR count). The van der Waals surface area contributed by atoms with Crippen LogP contribution in [-0.4, -0.2) is 35.7 Å². The maximum Gasteiger partial charge on any atom is 0.260 e. The molecular formula is C16H18B2O3. The minimum Gasteiger partial charge on any atom is -0.343 e. The molecule has 0 aliphatic rings. The molecule has 0 fully saturated rings. The lowest BCUT2D eigenvalue weighted by Gasteiger charge is -2.30. The van der Waals surface area contributed by atoms with Gasteiger partial charge in [0.15, 0.2) is 0 Å². The van der Waals surface area contributed by atoms with Gasteiger partial charge in [0.25, 0.3) is 5.79 Å². The molecule has 0 saturated heterocycles. The van der Waals surface area contributed by atoms with Crippen LogP contribution in [0.1, 0.15) is 15.9 Å². The molecule has 0 spiro atoms. The van der Waals surface area contributed by atoms with Gasteiger partial charge in [-0.3, -0.25) is 4.79 Å². The number of rotatable bonds is 5. The van der Waals surface area contributed by atoms with Crippen LogP contribution in [0.3, 0.4) is 0 Å². The highest BCUT2D eigenvalue weighted by Gasteiger charge is 2.41. The summed E-state index contributed by atoms with van der Waals surface area (Å²) in [5, 5.41) is 0. The van der Waals surface area contributed by atoms with E-state index < -0.39 is 5.79 Å². The van der Waals surface area contributed by atoms with E-state index in [-0.39, 0.29) is 5.78 Å². The highest BCUT2D eigenvalue weighted by Crippen LogP contribution is 2.29. The van der Waals surface area contributed by atoms with Crippen molar-refractivity contribution < 1.29 is 14.3 Å². The van der Waals surface area contributed by atoms with Gasteiger partial charge in [0.1, 0.15) is 15.7 Å². The molecule has 0 unspecified atom stereocenters. The molecule has 0 radical (unpaired) electrons. The van der Waals surface area contributed by atoms with Crippen LogP contribution < -0.4 is 10.9 Å². The molecule has 0 heterocycles. The first-order chi connectivity index (χ1) is 10.0. The van der Waals surface area contributed by atoms with Crippen molar-refractivity contribution in [1.29, 1.82) is 0 Å². The smallest absolute Gasteiger partial charge is 0.260 e. The summed E-state index contributed by atoms with van der Waals surface area (Å²) in [4.78, 5) is 12.9. The van der Waals surface area contributed by atoms with Gasteiger partial charge in [0, 0.05) is 25.3 Å². The van der Waals surface area contributed by atoms with E-state index >= 15 is 0 Å². The Morgan fingerprint density at radius 1 is 0.857 bits per heavy atom. The van der Waals surface area contributed by atoms with E-state index in [9.17, 15) is 4.79 Å². The molecule has 0 amide bonds. The molecule has 2 aromatic rings. The molecule has 21 heavy (non-hydrogen) atoms. The van der Waals surface area contributed by atoms with E-state index in [0.29, 0.717) is 11.1 Å². The van der Waals surface area contributed by atoms with Crippen molar-refractivity contribution in [1.82, 2.24) is 0 Å². The van der Waals surface area contributed by atoms with Gasteiger partial charge in [-0.1, -0.05) is 59.5 Å². The average molecular weight is 280 g/mol. The number of carbonyl (C=O) groups excluding carboxylic acids is 1. The SMILES string of the molecule is Bc1ccc(C(=O)C(OC)(OC)c2ccc(B)cc2)cc1. The van der Waals surface area contributed by atoms with Crippen molar-refractivity contribution in [2.75, 3.05) is 14.2 Å². The Labute approximate surface area is 127 Å². The summed E-state index contributed by atoms with van der Waals surface area (Å²) in [7, 11) is 6.94. The Bertz CT molecular complexity index is 617. The predicted molar refractivity (Wildman–Crippen MR) is 89.3 cm³/mol. The molecule has 0 saturated carbocycles. The molecule has 3 nitrogen and oxygen atoms in total. The van der Waals surface area contributed by atoms with Crippen LogP contribution >= 0.6 is 0 Å². The van der Waals surface area contributed by atoms with Crippen LogP contribution in [0.5, 0.6) is 0 Å². The summed E-state index contributed by atoms with van der Waals surface area (Å²) < 4.78 is 11.0. The minimum absolute atomic E-state index is 0.212. The van der Waals surface area contributed by atoms with Crippen LogP contribution in [0, 0.1) is 0 Å². The highest BCUT2D eigenvalue weighted by atomic mass is 16.7. The molecule has 0 aliphatic heterocycles. The predicted octanol–water partition coefficient (Wildman–Crippen LogP) is -0.468. The van der Waals surface area contributed by atoms with Crippen molar-refractivity contribution in [3.63, 3.8) is 0 Å². The van der Waals surface area contributed by atoms with E-state index in [0.717, 1.165) is 10.9 Å². The first-order valence-electron chi connectivity index (χ1n) is 6.82. The Morgan fingerprint density at radius 3 is 1.71 bits per heavy atom. The van der Waals surface area contributed by atoms with Crippen molar-refractivity contribution >= 4 is 32.4 Å². The topological polar surface area (TPSA) is 35.5 Å². The van der Waals surface area contributed by atoms with Crippen LogP contribution in [0.25, 0.3) is 0 Å². The van der Waals surface area contributed by atoms with E-state index in [1.807, 2.05) is 52.1 Å². The second-order valence-corrected chi connectivity index (χ2v) is 5.09. The maximum absolute atomic E-state index is 12.9. The normalized spacial score (nSPS) is 11.3. The summed E-state index contributed by atoms with van der Waals surface area (Å²) in [5.74, 6) is -1.63. The first-order valence-corrected chi connectivity index (χ1v) is 6.82. The van der Waals surface area contributed by atoms with Gasteiger partial charge >= 0.3 is 0 Å². The lowest BCUT2D eigenvalue weighted by Crippen LogP contribution is -2.40. The van der Waals surface area contributed by atoms with Gasteiger partial charge in [-0.05, 0) is 0 Å². The van der Waals surface area contributed by atoms with Crippen molar-refractivity contribution in [3.05, 3.63) is 59.7 Å². The van der Waals surface area contributed by atoms with E-state index in [4.69, 9.17) is 9.47 Å². The molecule has 0 atom stereocenters. The number of ketones is 1. The molecule has 0 bridgehead atoms. The second kappa shape index (κ2) is 6.29. The number of ether oxygens (including phenoxy) is 2. The standard InChI is InChI=1S/C16H18B2O3/c1-20-16(21-2,12-5-9-14(18)10-6-12)15(19)11-3-7-13(17)8-4-11/h3-10H,17-18H2,1-2H3. The average Bonchev–Trinajstić information content (AvgIpc) is 2.51. The third-order valence-corrected chi connectivity index (χ3v) is 3.62. The largest absolute Gasteiger partial charge is 0.343 e. The lowest BCUT2D eigenvalue weighted by atomic mass is 9.89. The molecule has 0 N–H and O–H groups in total. The summed E-state index contributed by atoms with van der Waals surface area (Å²) in [5.41, 5.74) is 3.46. The molecule has 106 valence electrons. The van der Waals surface area contributed by atoms with Gasteiger partial charge in [-0.25, -0.2) is 0 Å². The maximum atomic E-state index is 12.9. The summed E-state index contributed by atoms with van der Waals surface area (Å²) in [6.45, 7) is 0. The van der Waals surface area contributed by atoms with E-state index in [1.54, 1.807) is 12.1 Å². The van der Waals surface area contributed by atoms with Crippen molar-refractivity contribution in [2.24, 2.45) is 0 Å². The molecule has 0 aromatic heterocycles. The molecule has 2 aromatic carbocycles. The minimum atomic E-state index is -1.41. The highest BCUT2D eigenvalue weighted by molar-refractivity contribution is 6.32. The van der Waals surface area contributed by atoms with Crippen LogP contribution in [0.15, 0.2) is 48.5 Å². The van der Waals surface area contributed by atoms with Gasteiger partial charge in [-0.2, -0.15) is 0 Å². The van der Waals surface area contributed by atoms with Gasteiger partial charge in [-0.15, -0.1) is 0 Å². The van der Waals surface area contributed by atoms with Crippen molar-refractivity contribution in [3.8, 4) is 0 Å². The zero-order valence-electron chi connectivity index (χ0n) is 12.8. The monoisotopic (exact) mass is 280 g/mol. The quantitative estimate of drug-likeness (QED) is 0.422. The number of carbonyl (C=O) groups is 1. The second-order valence-electron chi connectivity index (χ2n) is 5.09. The number of hydrogen-bond acceptors (Lipinski definition) is 3. The van der Waals surface area contributed by atoms with Crippen molar-refractivity contribution in [2.45, 2.75) is 5.79 Å². The third kappa shape index (κ3) is 2.94. The van der Waals surface area contributed by atoms with Gasteiger partial charge in [0.2, 0.25) is 5.78 Å². The fourth-order valence-corrected chi connectivity index (χ4v) is 2.30. The fourth-order valence-electron chi connectivity index (χ4n) is 2.30. The number of methoxy groups -OCH3 is 2. The Kier molecular flexibility index (Phi) is 4.66. The Hall–Kier alpha value is -1.84. The summed E-state index contributed by atoms with van der Waals surface area (Å²) in [6.07, 6.45) is 0. The summed E-state index contributed by atoms with van der Waals surface area (Å²) >= 11 is 0. The van der Waals surface area contributed by atoms with Gasteiger partial charge in [0.05, 0.1) is 0 Å². The lowest BCUT2D eigenvalue weighted by molar-refractivity contribution is -0.176. The Balaban J connectivity index is 2.48. The van der Waals surface area contributed by atoms with Crippen LogP contribution in [0.4, 0.5) is 0 Å². The van der Waals surface area contributed by atoms with E-state index in [1.165, 1.54) is 14.2 Å². The Morgan fingerprint density at radius 2 is 1.29 bits per heavy atom. The van der Waals surface area contributed by atoms with Gasteiger partial charge < -0.3 is 9.47 Å². The van der Waals surface area contributed by atoms with E-state index in [2.05, 4.69) is 0 Å². The van der Waals surface area contributed by atoms with Crippen LogP contribution in [-0.2, 0) is 15.3 Å². The number of benzene rings is 2. The first kappa shape index (κ1) is 15.5. The number of Topliss-reactive ketones (excluding diaryl/α,β-unsaturated/α-hetero) is 1. The summed E-state index contributed by atoms with van der Waals surface area (Å²) in [6, 6.07) is 15.0. The molecular weight excluding hydrogens is 262 g/mol. The number of hydrogen-bond donors (Lipinski definition) is 0. The zero-order valence-corrected chi connectivity index (χ0v) is 12.8. The molecule has 5 heteroatoms. The van der Waals surface area contributed by atoms with Crippen LogP contribution in [0.2, 0.25) is 0 Å². The fraction of sp³-hybridized carbons (Fsp3) is 0.188. The molecule has 0 aliphatic carbocycles.